The van der Waals surface area contributed by atoms with Gasteiger partial charge in [0.1, 0.15) is 5.60 Å². The smallest absolute Gasteiger partial charge is 0.410 e. The number of hydrogen-bond donors (Lipinski definition) is 0. The monoisotopic (exact) mass is 310 g/mol. The third-order valence-electron chi connectivity index (χ3n) is 4.39. The van der Waals surface area contributed by atoms with Gasteiger partial charge < -0.3 is 14.5 Å². The number of likely N-dealkylation sites (tertiary alicyclic amines) is 2. The molecule has 0 aromatic heterocycles. The fourth-order valence-electron chi connectivity index (χ4n) is 3.39. The maximum atomic E-state index is 12.4. The van der Waals surface area contributed by atoms with E-state index < -0.39 is 5.60 Å². The summed E-state index contributed by atoms with van der Waals surface area (Å²) in [6, 6.07) is 0.221. The predicted octanol–water partition coefficient (Wildman–Crippen LogP) is 2.89. The van der Waals surface area contributed by atoms with Crippen LogP contribution in [0.4, 0.5) is 4.79 Å². The number of carbonyl (C=O) groups is 2. The molecule has 0 aromatic carbocycles. The van der Waals surface area contributed by atoms with Crippen molar-refractivity contribution in [2.45, 2.75) is 66.0 Å². The number of rotatable bonds is 0. The van der Waals surface area contributed by atoms with Crippen LogP contribution < -0.4 is 0 Å². The number of carbonyl (C=O) groups excluding carboxylic acids is 2. The zero-order valence-electron chi connectivity index (χ0n) is 14.8. The highest BCUT2D eigenvalue weighted by atomic mass is 16.6. The average molecular weight is 310 g/mol. The summed E-state index contributed by atoms with van der Waals surface area (Å²) in [5.41, 5.74) is -0.797. The highest BCUT2D eigenvalue weighted by Gasteiger charge is 2.43. The third kappa shape index (κ3) is 3.73. The zero-order chi connectivity index (χ0) is 16.7. The molecule has 0 aliphatic carbocycles. The normalized spacial score (nSPS) is 25.9. The molecule has 2 unspecified atom stereocenters. The van der Waals surface area contributed by atoms with E-state index in [4.69, 9.17) is 4.74 Å². The minimum Gasteiger partial charge on any atom is -0.444 e. The number of piperidine rings is 1. The van der Waals surface area contributed by atoms with Crippen molar-refractivity contribution in [1.29, 1.82) is 0 Å². The third-order valence-corrected chi connectivity index (χ3v) is 4.39. The van der Waals surface area contributed by atoms with E-state index in [1.165, 1.54) is 0 Å². The molecule has 2 amide bonds. The summed E-state index contributed by atoms with van der Waals surface area (Å²) < 4.78 is 5.51. The van der Waals surface area contributed by atoms with Gasteiger partial charge in [0.2, 0.25) is 5.91 Å². The van der Waals surface area contributed by atoms with Crippen LogP contribution in [-0.2, 0) is 9.53 Å². The van der Waals surface area contributed by atoms with E-state index in [1.54, 1.807) is 0 Å². The number of fused-ring (bicyclic) bond motifs is 1. The zero-order valence-corrected chi connectivity index (χ0v) is 14.8. The second-order valence-electron chi connectivity index (χ2n) is 8.58. The van der Waals surface area contributed by atoms with Crippen molar-refractivity contribution in [3.05, 3.63) is 0 Å². The number of hydrogen-bond acceptors (Lipinski definition) is 3. The van der Waals surface area contributed by atoms with E-state index in [1.807, 2.05) is 51.3 Å². The van der Waals surface area contributed by atoms with Crippen LogP contribution in [0.2, 0.25) is 0 Å². The van der Waals surface area contributed by atoms with E-state index in [0.29, 0.717) is 5.92 Å². The second kappa shape index (κ2) is 5.74. The molecule has 0 spiro atoms. The average Bonchev–Trinajstić information content (AvgIpc) is 2.77. The molecular formula is C17H30N2O3. The van der Waals surface area contributed by atoms with Crippen LogP contribution in [0, 0.1) is 11.3 Å². The number of nitrogens with zero attached hydrogens (tertiary/aromatic N) is 2. The van der Waals surface area contributed by atoms with Crippen LogP contribution in [0.5, 0.6) is 0 Å². The largest absolute Gasteiger partial charge is 0.444 e. The van der Waals surface area contributed by atoms with E-state index in [-0.39, 0.29) is 23.5 Å². The summed E-state index contributed by atoms with van der Waals surface area (Å²) in [5, 5.41) is 0. The Balaban J connectivity index is 1.98. The van der Waals surface area contributed by atoms with Gasteiger partial charge in [-0.2, -0.15) is 0 Å². The molecule has 5 nitrogen and oxygen atoms in total. The quantitative estimate of drug-likeness (QED) is 0.691. The van der Waals surface area contributed by atoms with Crippen molar-refractivity contribution >= 4 is 12.0 Å². The maximum Gasteiger partial charge on any atom is 0.410 e. The lowest BCUT2D eigenvalue weighted by atomic mass is 9.89. The van der Waals surface area contributed by atoms with Gasteiger partial charge in [0.25, 0.3) is 0 Å². The van der Waals surface area contributed by atoms with Gasteiger partial charge >= 0.3 is 6.09 Å². The summed E-state index contributed by atoms with van der Waals surface area (Å²) in [4.78, 5) is 28.6. The molecule has 2 saturated heterocycles. The van der Waals surface area contributed by atoms with Crippen LogP contribution in [0.25, 0.3) is 0 Å². The first-order valence-corrected chi connectivity index (χ1v) is 8.28. The van der Waals surface area contributed by atoms with Gasteiger partial charge in [-0.15, -0.1) is 0 Å². The maximum absolute atomic E-state index is 12.4. The first-order valence-electron chi connectivity index (χ1n) is 8.28. The van der Waals surface area contributed by atoms with Crippen molar-refractivity contribution < 1.29 is 14.3 Å². The van der Waals surface area contributed by atoms with Crippen molar-refractivity contribution in [3.8, 4) is 0 Å². The standard InChI is InChI=1S/C17H30N2O3/c1-16(2,3)14(20)18-9-8-13-12(11-18)7-10-19(13)15(21)22-17(4,5)6/h12-13H,7-11H2,1-6H3. The fraction of sp³-hybridized carbons (Fsp3) is 0.882. The molecule has 2 rings (SSSR count). The van der Waals surface area contributed by atoms with Crippen LogP contribution >= 0.6 is 0 Å². The Morgan fingerprint density at radius 1 is 1.00 bits per heavy atom. The minimum atomic E-state index is -0.460. The van der Waals surface area contributed by atoms with Gasteiger partial charge in [-0.05, 0) is 39.5 Å². The molecule has 126 valence electrons. The summed E-state index contributed by atoms with van der Waals surface area (Å²) >= 11 is 0. The highest BCUT2D eigenvalue weighted by Crippen LogP contribution is 2.34. The molecule has 0 saturated carbocycles. The van der Waals surface area contributed by atoms with E-state index in [2.05, 4.69) is 0 Å². The second-order valence-corrected chi connectivity index (χ2v) is 8.58. The molecule has 0 bridgehead atoms. The molecule has 0 radical (unpaired) electrons. The molecule has 5 heteroatoms. The summed E-state index contributed by atoms with van der Waals surface area (Å²) in [7, 11) is 0. The molecule has 2 aliphatic rings. The fourth-order valence-corrected chi connectivity index (χ4v) is 3.39. The Morgan fingerprint density at radius 3 is 2.18 bits per heavy atom. The van der Waals surface area contributed by atoms with Gasteiger partial charge in [0.15, 0.2) is 0 Å². The van der Waals surface area contributed by atoms with Crippen LogP contribution in [0.1, 0.15) is 54.4 Å². The van der Waals surface area contributed by atoms with E-state index >= 15 is 0 Å². The lowest BCUT2D eigenvalue weighted by Crippen LogP contribution is -2.52. The molecule has 2 atom stereocenters. The number of ether oxygens (including phenoxy) is 1. The summed E-state index contributed by atoms with van der Waals surface area (Å²) in [5.74, 6) is 0.592. The van der Waals surface area contributed by atoms with Gasteiger partial charge in [-0.1, -0.05) is 20.8 Å². The molecular weight excluding hydrogens is 280 g/mol. The van der Waals surface area contributed by atoms with Crippen LogP contribution in [0.15, 0.2) is 0 Å². The highest BCUT2D eigenvalue weighted by molar-refractivity contribution is 5.81. The molecule has 22 heavy (non-hydrogen) atoms. The lowest BCUT2D eigenvalue weighted by molar-refractivity contribution is -0.141. The Hall–Kier alpha value is -1.26. The van der Waals surface area contributed by atoms with Crippen LogP contribution in [0.3, 0.4) is 0 Å². The predicted molar refractivity (Wildman–Crippen MR) is 85.5 cm³/mol. The van der Waals surface area contributed by atoms with Gasteiger partial charge in [0.05, 0.1) is 0 Å². The first kappa shape index (κ1) is 17.1. The topological polar surface area (TPSA) is 49.9 Å². The van der Waals surface area contributed by atoms with Gasteiger partial charge in [0, 0.05) is 31.1 Å². The Labute approximate surface area is 134 Å². The molecule has 0 aromatic rings. The summed E-state index contributed by atoms with van der Waals surface area (Å²) in [6.07, 6.45) is 1.60. The molecule has 2 fully saturated rings. The Morgan fingerprint density at radius 2 is 1.64 bits per heavy atom. The van der Waals surface area contributed by atoms with Crippen molar-refractivity contribution in [1.82, 2.24) is 9.80 Å². The number of amides is 2. The first-order chi connectivity index (χ1) is 9.99. The van der Waals surface area contributed by atoms with E-state index in [0.717, 1.165) is 32.5 Å². The van der Waals surface area contributed by atoms with Crippen molar-refractivity contribution in [3.63, 3.8) is 0 Å². The van der Waals surface area contributed by atoms with Gasteiger partial charge in [-0.3, -0.25) is 4.79 Å². The summed E-state index contributed by atoms with van der Waals surface area (Å²) in [6.45, 7) is 13.8. The Kier molecular flexibility index (Phi) is 4.46. The lowest BCUT2D eigenvalue weighted by Gasteiger charge is -2.40. The van der Waals surface area contributed by atoms with E-state index in [9.17, 15) is 9.59 Å². The molecule has 2 heterocycles. The molecule has 2 aliphatic heterocycles. The van der Waals surface area contributed by atoms with Crippen LogP contribution in [-0.4, -0.2) is 53.1 Å². The SMILES string of the molecule is CC(C)(C)OC(=O)N1CCC2CN(C(=O)C(C)(C)C)CCC21. The van der Waals surface area contributed by atoms with Crippen molar-refractivity contribution in [2.75, 3.05) is 19.6 Å². The molecule has 0 N–H and O–H groups in total. The van der Waals surface area contributed by atoms with Gasteiger partial charge in [-0.25, -0.2) is 4.79 Å². The van der Waals surface area contributed by atoms with Crippen molar-refractivity contribution in [2.24, 2.45) is 11.3 Å². The minimum absolute atomic E-state index is 0.210. The Bertz CT molecular complexity index is 448.